The van der Waals surface area contributed by atoms with Crippen LogP contribution in [0, 0.1) is 0 Å². The summed E-state index contributed by atoms with van der Waals surface area (Å²) < 4.78 is 0. The third kappa shape index (κ3) is 2.99. The molecule has 1 saturated heterocycles. The molecule has 1 aliphatic heterocycles. The van der Waals surface area contributed by atoms with E-state index in [1.165, 1.54) is 36.0 Å². The minimum atomic E-state index is 0.467. The first-order chi connectivity index (χ1) is 9.88. The van der Waals surface area contributed by atoms with Gasteiger partial charge in [-0.1, -0.05) is 25.1 Å². The monoisotopic (exact) mass is 286 g/mol. The van der Waals surface area contributed by atoms with Gasteiger partial charge in [-0.2, -0.15) is 11.8 Å². The Morgan fingerprint density at radius 2 is 2.35 bits per heavy atom. The van der Waals surface area contributed by atoms with E-state index in [1.54, 1.807) is 0 Å². The number of nitrogens with zero attached hydrogens (tertiary/aromatic N) is 1. The highest BCUT2D eigenvalue weighted by atomic mass is 32.2. The third-order valence-corrected chi connectivity index (χ3v) is 5.40. The number of hydrogen-bond acceptors (Lipinski definition) is 3. The summed E-state index contributed by atoms with van der Waals surface area (Å²) in [5.41, 5.74) is 2.50. The van der Waals surface area contributed by atoms with Crippen LogP contribution in [0.2, 0.25) is 0 Å². The van der Waals surface area contributed by atoms with Crippen LogP contribution in [0.4, 0.5) is 0 Å². The van der Waals surface area contributed by atoms with E-state index in [2.05, 4.69) is 53.3 Å². The number of rotatable bonds is 5. The predicted octanol–water partition coefficient (Wildman–Crippen LogP) is 4.17. The fourth-order valence-corrected chi connectivity index (χ4v) is 4.32. The average molecular weight is 286 g/mol. The van der Waals surface area contributed by atoms with Gasteiger partial charge in [0.25, 0.3) is 0 Å². The topological polar surface area (TPSA) is 24.9 Å². The van der Waals surface area contributed by atoms with E-state index >= 15 is 0 Å². The van der Waals surface area contributed by atoms with E-state index in [-0.39, 0.29) is 0 Å². The molecule has 0 aliphatic carbocycles. The molecule has 2 heterocycles. The van der Waals surface area contributed by atoms with Crippen LogP contribution < -0.4 is 5.32 Å². The maximum absolute atomic E-state index is 4.50. The molecule has 2 aromatic rings. The Morgan fingerprint density at radius 1 is 1.40 bits per heavy atom. The lowest BCUT2D eigenvalue weighted by molar-refractivity contribution is 0.503. The molecule has 1 aromatic carbocycles. The zero-order valence-electron chi connectivity index (χ0n) is 12.0. The summed E-state index contributed by atoms with van der Waals surface area (Å²) in [5, 5.41) is 5.68. The van der Waals surface area contributed by atoms with Crippen molar-refractivity contribution in [3.05, 3.63) is 42.1 Å². The fourth-order valence-electron chi connectivity index (χ4n) is 2.91. The van der Waals surface area contributed by atoms with Gasteiger partial charge in [-0.3, -0.25) is 4.98 Å². The Hall–Kier alpha value is -1.06. The molecule has 0 spiro atoms. The first-order valence-electron chi connectivity index (χ1n) is 7.58. The van der Waals surface area contributed by atoms with Crippen LogP contribution in [0.15, 0.2) is 36.5 Å². The van der Waals surface area contributed by atoms with Crippen LogP contribution in [-0.4, -0.2) is 22.5 Å². The molecule has 3 rings (SSSR count). The molecule has 0 bridgehead atoms. The van der Waals surface area contributed by atoms with E-state index in [0.29, 0.717) is 11.3 Å². The van der Waals surface area contributed by atoms with Crippen molar-refractivity contribution < 1.29 is 0 Å². The van der Waals surface area contributed by atoms with Gasteiger partial charge in [0.1, 0.15) is 0 Å². The second-order valence-electron chi connectivity index (χ2n) is 5.44. The summed E-state index contributed by atoms with van der Waals surface area (Å²) in [6, 6.07) is 11.3. The van der Waals surface area contributed by atoms with Crippen LogP contribution in [0.5, 0.6) is 0 Å². The lowest BCUT2D eigenvalue weighted by Crippen LogP contribution is -2.29. The first kappa shape index (κ1) is 13.9. The lowest BCUT2D eigenvalue weighted by atomic mass is 9.99. The molecule has 0 saturated carbocycles. The smallest absolute Gasteiger partial charge is 0.0705 e. The molecule has 3 heteroatoms. The molecule has 20 heavy (non-hydrogen) atoms. The molecule has 2 nitrogen and oxygen atoms in total. The molecule has 2 atom stereocenters. The summed E-state index contributed by atoms with van der Waals surface area (Å²) in [6.45, 7) is 3.32. The van der Waals surface area contributed by atoms with Crippen molar-refractivity contribution in [2.45, 2.75) is 37.5 Å². The SMILES string of the molecule is CCCNC(c1ccc2cccnc2c1)C1CCCS1. The molecule has 1 fully saturated rings. The fraction of sp³-hybridized carbons (Fsp3) is 0.471. The highest BCUT2D eigenvalue weighted by Gasteiger charge is 2.26. The summed E-state index contributed by atoms with van der Waals surface area (Å²) in [6.07, 6.45) is 5.74. The molecule has 0 radical (unpaired) electrons. The Balaban J connectivity index is 1.90. The second kappa shape index (κ2) is 6.59. The van der Waals surface area contributed by atoms with E-state index in [1.807, 2.05) is 12.3 Å². The molecule has 1 N–H and O–H groups in total. The highest BCUT2D eigenvalue weighted by molar-refractivity contribution is 8.00. The molecule has 0 amide bonds. The largest absolute Gasteiger partial charge is 0.309 e. The summed E-state index contributed by atoms with van der Waals surface area (Å²) in [4.78, 5) is 4.50. The number of thioether (sulfide) groups is 1. The van der Waals surface area contributed by atoms with E-state index in [9.17, 15) is 0 Å². The van der Waals surface area contributed by atoms with Crippen molar-refractivity contribution in [1.29, 1.82) is 0 Å². The van der Waals surface area contributed by atoms with Crippen LogP contribution in [0.1, 0.15) is 37.8 Å². The van der Waals surface area contributed by atoms with Crippen molar-refractivity contribution in [1.82, 2.24) is 10.3 Å². The van der Waals surface area contributed by atoms with Gasteiger partial charge in [-0.15, -0.1) is 0 Å². The third-order valence-electron chi connectivity index (χ3n) is 3.94. The van der Waals surface area contributed by atoms with Gasteiger partial charge in [0.2, 0.25) is 0 Å². The number of hydrogen-bond donors (Lipinski definition) is 1. The standard InChI is InChI=1S/C17H22N2S/c1-2-9-19-17(16-6-4-11-20-16)14-8-7-13-5-3-10-18-15(13)12-14/h3,5,7-8,10,12,16-17,19H,2,4,6,9,11H2,1H3. The average Bonchev–Trinajstić information content (AvgIpc) is 3.02. The number of benzene rings is 1. The molecule has 1 aliphatic rings. The van der Waals surface area contributed by atoms with Crippen LogP contribution in [0.25, 0.3) is 10.9 Å². The Morgan fingerprint density at radius 3 is 3.15 bits per heavy atom. The molecular weight excluding hydrogens is 264 g/mol. The summed E-state index contributed by atoms with van der Waals surface area (Å²) >= 11 is 2.12. The Bertz CT molecular complexity index is 564. The van der Waals surface area contributed by atoms with Gasteiger partial charge in [-0.25, -0.2) is 0 Å². The number of fused-ring (bicyclic) bond motifs is 1. The number of nitrogens with one attached hydrogen (secondary N) is 1. The van der Waals surface area contributed by atoms with Gasteiger partial charge < -0.3 is 5.32 Å². The summed E-state index contributed by atoms with van der Waals surface area (Å²) in [5.74, 6) is 1.31. The van der Waals surface area contributed by atoms with Crippen molar-refractivity contribution in [2.75, 3.05) is 12.3 Å². The predicted molar refractivity (Wildman–Crippen MR) is 88.3 cm³/mol. The van der Waals surface area contributed by atoms with Crippen LogP contribution in [-0.2, 0) is 0 Å². The Kier molecular flexibility index (Phi) is 4.58. The molecule has 106 valence electrons. The van der Waals surface area contributed by atoms with E-state index < -0.39 is 0 Å². The maximum atomic E-state index is 4.50. The van der Waals surface area contributed by atoms with Crippen LogP contribution in [0.3, 0.4) is 0 Å². The molecule has 2 unspecified atom stereocenters. The van der Waals surface area contributed by atoms with Gasteiger partial charge in [0.15, 0.2) is 0 Å². The van der Waals surface area contributed by atoms with Gasteiger partial charge >= 0.3 is 0 Å². The number of aromatic nitrogens is 1. The van der Waals surface area contributed by atoms with Crippen molar-refractivity contribution in [3.63, 3.8) is 0 Å². The van der Waals surface area contributed by atoms with E-state index in [4.69, 9.17) is 0 Å². The number of pyridine rings is 1. The van der Waals surface area contributed by atoms with Gasteiger partial charge in [0.05, 0.1) is 5.52 Å². The minimum Gasteiger partial charge on any atom is -0.309 e. The van der Waals surface area contributed by atoms with Gasteiger partial charge in [-0.05, 0) is 49.3 Å². The molecular formula is C17H22N2S. The van der Waals surface area contributed by atoms with Crippen molar-refractivity contribution in [2.24, 2.45) is 0 Å². The highest BCUT2D eigenvalue weighted by Crippen LogP contribution is 2.36. The van der Waals surface area contributed by atoms with E-state index in [0.717, 1.165) is 12.1 Å². The first-order valence-corrected chi connectivity index (χ1v) is 8.63. The minimum absolute atomic E-state index is 0.467. The van der Waals surface area contributed by atoms with Crippen molar-refractivity contribution >= 4 is 22.7 Å². The second-order valence-corrected chi connectivity index (χ2v) is 6.79. The zero-order valence-corrected chi connectivity index (χ0v) is 12.8. The summed E-state index contributed by atoms with van der Waals surface area (Å²) in [7, 11) is 0. The normalized spacial score (nSPS) is 20.4. The maximum Gasteiger partial charge on any atom is 0.0705 e. The lowest BCUT2D eigenvalue weighted by Gasteiger charge is -2.25. The Labute approximate surface area is 125 Å². The van der Waals surface area contributed by atoms with Crippen LogP contribution >= 0.6 is 11.8 Å². The van der Waals surface area contributed by atoms with Gasteiger partial charge in [0, 0.05) is 22.9 Å². The van der Waals surface area contributed by atoms with Crippen molar-refractivity contribution in [3.8, 4) is 0 Å². The molecule has 1 aromatic heterocycles. The zero-order chi connectivity index (χ0) is 13.8. The quantitative estimate of drug-likeness (QED) is 0.893.